The van der Waals surface area contributed by atoms with Crippen molar-refractivity contribution >= 4 is 34.9 Å². The van der Waals surface area contributed by atoms with Crippen molar-refractivity contribution in [3.05, 3.63) is 76.0 Å². The third-order valence-corrected chi connectivity index (χ3v) is 7.99. The van der Waals surface area contributed by atoms with Crippen molar-refractivity contribution in [2.75, 3.05) is 31.1 Å². The number of piperidine rings is 1. The number of rotatable bonds is 6. The number of aromatic nitrogens is 3. The summed E-state index contributed by atoms with van der Waals surface area (Å²) in [7, 11) is 0. The molecule has 2 aromatic heterocycles. The van der Waals surface area contributed by atoms with Crippen LogP contribution in [0, 0.1) is 23.2 Å². The average Bonchev–Trinajstić information content (AvgIpc) is 3.40. The molecule has 0 N–H and O–H groups in total. The molecule has 2 fully saturated rings. The Morgan fingerprint density at radius 1 is 1.03 bits per heavy atom. The van der Waals surface area contributed by atoms with Crippen LogP contribution in [0.3, 0.4) is 0 Å². The van der Waals surface area contributed by atoms with E-state index in [2.05, 4.69) is 20.1 Å². The topological polar surface area (TPSA) is 95.2 Å². The number of nitriles is 1. The zero-order valence-electron chi connectivity index (χ0n) is 21.0. The highest BCUT2D eigenvalue weighted by Crippen LogP contribution is 2.38. The van der Waals surface area contributed by atoms with Crippen molar-refractivity contribution in [2.24, 2.45) is 11.8 Å². The van der Waals surface area contributed by atoms with E-state index in [1.54, 1.807) is 24.4 Å². The molecule has 2 aliphatic rings. The van der Waals surface area contributed by atoms with Gasteiger partial charge in [0.15, 0.2) is 11.5 Å². The van der Waals surface area contributed by atoms with Crippen LogP contribution in [0.2, 0.25) is 10.0 Å². The van der Waals surface area contributed by atoms with E-state index in [-0.39, 0.29) is 29.8 Å². The Morgan fingerprint density at radius 2 is 1.76 bits per heavy atom. The van der Waals surface area contributed by atoms with E-state index < -0.39 is 0 Å². The molecule has 1 unspecified atom stereocenters. The number of halogens is 2. The van der Waals surface area contributed by atoms with E-state index >= 15 is 0 Å². The first kappa shape index (κ1) is 26.2. The lowest BCUT2D eigenvalue weighted by atomic mass is 9.86. The molecule has 196 valence electrons. The minimum absolute atomic E-state index is 0.0450. The summed E-state index contributed by atoms with van der Waals surface area (Å²) in [5.74, 6) is 1.60. The van der Waals surface area contributed by atoms with Gasteiger partial charge in [-0.15, -0.1) is 10.2 Å². The lowest BCUT2D eigenvalue weighted by Gasteiger charge is -2.33. The second kappa shape index (κ2) is 11.5. The monoisotopic (exact) mass is 550 g/mol. The van der Waals surface area contributed by atoms with Gasteiger partial charge in [-0.1, -0.05) is 35.3 Å². The highest BCUT2D eigenvalue weighted by atomic mass is 35.5. The molecule has 4 heterocycles. The van der Waals surface area contributed by atoms with Crippen molar-refractivity contribution in [3.63, 3.8) is 0 Å². The summed E-state index contributed by atoms with van der Waals surface area (Å²) in [5.41, 5.74) is 1.44. The molecule has 3 atom stereocenters. The molecule has 8 nitrogen and oxygen atoms in total. The Balaban J connectivity index is 1.27. The summed E-state index contributed by atoms with van der Waals surface area (Å²) < 4.78 is 6.21. The van der Waals surface area contributed by atoms with Crippen molar-refractivity contribution in [3.8, 4) is 11.9 Å². The predicted molar refractivity (Wildman–Crippen MR) is 145 cm³/mol. The van der Waals surface area contributed by atoms with Crippen LogP contribution in [0.15, 0.2) is 54.7 Å². The molecule has 2 saturated heterocycles. The Bertz CT molecular complexity index is 1290. The molecule has 0 saturated carbocycles. The normalized spacial score (nSPS) is 20.7. The van der Waals surface area contributed by atoms with Gasteiger partial charge >= 0.3 is 0 Å². The Hall–Kier alpha value is -3.41. The molecule has 1 amide bonds. The quantitative estimate of drug-likeness (QED) is 0.427. The average molecular weight is 551 g/mol. The number of nitrogens with zero attached hydrogens (tertiary/aromatic N) is 6. The first-order valence-corrected chi connectivity index (χ1v) is 13.5. The van der Waals surface area contributed by atoms with E-state index in [0.717, 1.165) is 37.3 Å². The molecule has 0 radical (unpaired) electrons. The van der Waals surface area contributed by atoms with Crippen LogP contribution in [0.1, 0.15) is 36.9 Å². The summed E-state index contributed by atoms with van der Waals surface area (Å²) in [6, 6.07) is 16.9. The van der Waals surface area contributed by atoms with Gasteiger partial charge in [0.25, 0.3) is 0 Å². The van der Waals surface area contributed by atoms with Crippen LogP contribution in [0.25, 0.3) is 0 Å². The molecule has 0 bridgehead atoms. The minimum atomic E-state index is -0.168. The number of carbonyl (C=O) groups excluding carboxylic acids is 1. The van der Waals surface area contributed by atoms with Gasteiger partial charge in [0, 0.05) is 61.2 Å². The van der Waals surface area contributed by atoms with Gasteiger partial charge < -0.3 is 14.5 Å². The molecule has 1 aromatic carbocycles. The standard InChI is InChI=1S/C28H28Cl2N6O2/c1-18(38-27-9-6-22(30)15-32-27)24-16-36(17-25(24)19-2-4-21(29)5-3-19)28(37)20-10-12-35(13-11-20)26-8-7-23(14-31)33-34-26/h2-9,15,18,20,24-25H,10-13,16-17H2,1H3/t18-,24+,25?/m0/s1. The molecular formula is C28H28Cl2N6O2. The molecule has 0 aliphatic carbocycles. The van der Waals surface area contributed by atoms with Crippen LogP contribution in [-0.4, -0.2) is 58.3 Å². The Kier molecular flexibility index (Phi) is 7.96. The maximum absolute atomic E-state index is 13.7. The molecule has 3 aromatic rings. The third kappa shape index (κ3) is 5.85. The van der Waals surface area contributed by atoms with Crippen LogP contribution < -0.4 is 9.64 Å². The van der Waals surface area contributed by atoms with Gasteiger partial charge in [0.2, 0.25) is 11.8 Å². The zero-order chi connectivity index (χ0) is 26.6. The molecular weight excluding hydrogens is 523 g/mol. The van der Waals surface area contributed by atoms with E-state index in [9.17, 15) is 4.79 Å². The maximum atomic E-state index is 13.7. The highest BCUT2D eigenvalue weighted by molar-refractivity contribution is 6.30. The largest absolute Gasteiger partial charge is 0.474 e. The van der Waals surface area contributed by atoms with E-state index in [1.807, 2.05) is 48.2 Å². The molecule has 38 heavy (non-hydrogen) atoms. The van der Waals surface area contributed by atoms with E-state index in [0.29, 0.717) is 34.7 Å². The van der Waals surface area contributed by atoms with Crippen LogP contribution in [0.5, 0.6) is 5.88 Å². The number of pyridine rings is 1. The van der Waals surface area contributed by atoms with Crippen molar-refractivity contribution in [1.82, 2.24) is 20.1 Å². The summed E-state index contributed by atoms with van der Waals surface area (Å²) in [6.07, 6.45) is 2.89. The smallest absolute Gasteiger partial charge is 0.225 e. The second-order valence-electron chi connectivity index (χ2n) is 9.85. The molecule has 10 heteroatoms. The van der Waals surface area contributed by atoms with Crippen molar-refractivity contribution in [2.45, 2.75) is 31.8 Å². The van der Waals surface area contributed by atoms with Gasteiger partial charge in [0.1, 0.15) is 12.2 Å². The zero-order valence-corrected chi connectivity index (χ0v) is 22.5. The third-order valence-electron chi connectivity index (χ3n) is 7.52. The number of amides is 1. The number of hydrogen-bond donors (Lipinski definition) is 0. The fourth-order valence-corrected chi connectivity index (χ4v) is 5.66. The number of benzene rings is 1. The predicted octanol–water partition coefficient (Wildman–Crippen LogP) is 4.98. The van der Waals surface area contributed by atoms with Crippen LogP contribution >= 0.6 is 23.2 Å². The fourth-order valence-electron chi connectivity index (χ4n) is 5.42. The maximum Gasteiger partial charge on any atom is 0.225 e. The summed E-state index contributed by atoms with van der Waals surface area (Å²) in [6.45, 7) is 4.72. The van der Waals surface area contributed by atoms with Gasteiger partial charge in [-0.25, -0.2) is 4.98 Å². The minimum Gasteiger partial charge on any atom is -0.474 e. The van der Waals surface area contributed by atoms with Gasteiger partial charge in [-0.2, -0.15) is 5.26 Å². The van der Waals surface area contributed by atoms with Gasteiger partial charge in [0.05, 0.1) is 5.02 Å². The molecule has 0 spiro atoms. The summed E-state index contributed by atoms with van der Waals surface area (Å²) in [4.78, 5) is 22.1. The van der Waals surface area contributed by atoms with Crippen LogP contribution in [-0.2, 0) is 4.79 Å². The SMILES string of the molecule is C[C@H](Oc1ccc(Cl)cn1)[C@H]1CN(C(=O)C2CCN(c3ccc(C#N)nn3)CC2)CC1c1ccc(Cl)cc1. The van der Waals surface area contributed by atoms with Gasteiger partial charge in [-0.3, -0.25) is 4.79 Å². The van der Waals surface area contributed by atoms with E-state index in [1.165, 1.54) is 0 Å². The number of ether oxygens (including phenoxy) is 1. The first-order chi connectivity index (χ1) is 18.4. The second-order valence-corrected chi connectivity index (χ2v) is 10.7. The van der Waals surface area contributed by atoms with Crippen molar-refractivity contribution < 1.29 is 9.53 Å². The number of hydrogen-bond acceptors (Lipinski definition) is 7. The molecule has 5 rings (SSSR count). The number of carbonyl (C=O) groups is 1. The molecule has 2 aliphatic heterocycles. The number of anilines is 1. The van der Waals surface area contributed by atoms with Crippen molar-refractivity contribution in [1.29, 1.82) is 5.26 Å². The van der Waals surface area contributed by atoms with Crippen LogP contribution in [0.4, 0.5) is 5.82 Å². The van der Waals surface area contributed by atoms with E-state index in [4.69, 9.17) is 33.2 Å². The lowest BCUT2D eigenvalue weighted by molar-refractivity contribution is -0.135. The summed E-state index contributed by atoms with van der Waals surface area (Å²) in [5, 5.41) is 18.3. The fraction of sp³-hybridized carbons (Fsp3) is 0.393. The van der Waals surface area contributed by atoms with Gasteiger partial charge in [-0.05, 0) is 55.7 Å². The number of likely N-dealkylation sites (tertiary alicyclic amines) is 1. The summed E-state index contributed by atoms with van der Waals surface area (Å²) >= 11 is 12.1. The highest BCUT2D eigenvalue weighted by Gasteiger charge is 2.42. The lowest BCUT2D eigenvalue weighted by Crippen LogP contribution is -2.42. The Morgan fingerprint density at radius 3 is 2.39 bits per heavy atom. The Labute approximate surface area is 232 Å². The first-order valence-electron chi connectivity index (χ1n) is 12.7.